The van der Waals surface area contributed by atoms with E-state index in [1.807, 2.05) is 6.07 Å². The zero-order valence-electron chi connectivity index (χ0n) is 16.3. The van der Waals surface area contributed by atoms with Crippen molar-refractivity contribution < 1.29 is 9.59 Å². The first-order valence-corrected chi connectivity index (χ1v) is 9.79. The molecular weight excluding hydrogens is 342 g/mol. The van der Waals surface area contributed by atoms with Crippen LogP contribution in [-0.2, 0) is 4.79 Å². The van der Waals surface area contributed by atoms with Gasteiger partial charge in [0.1, 0.15) is 0 Å². The first-order valence-electron chi connectivity index (χ1n) is 9.79. The Bertz CT molecular complexity index is 792. The summed E-state index contributed by atoms with van der Waals surface area (Å²) in [5.41, 5.74) is 2.27. The van der Waals surface area contributed by atoms with Crippen LogP contribution < -0.4 is 4.90 Å². The smallest absolute Gasteiger partial charge is 0.325 e. The van der Waals surface area contributed by atoms with Gasteiger partial charge in [0.25, 0.3) is 5.91 Å². The van der Waals surface area contributed by atoms with Gasteiger partial charge < -0.3 is 14.7 Å². The predicted molar refractivity (Wildman–Crippen MR) is 105 cm³/mol. The molecule has 4 rings (SSSR count). The summed E-state index contributed by atoms with van der Waals surface area (Å²) in [5, 5.41) is 0. The minimum Gasteiger partial charge on any atom is -0.325 e. The van der Waals surface area contributed by atoms with Crippen molar-refractivity contribution in [3.05, 3.63) is 29.8 Å². The van der Waals surface area contributed by atoms with Gasteiger partial charge in [0.2, 0.25) is 5.96 Å². The van der Waals surface area contributed by atoms with Crippen molar-refractivity contribution in [1.29, 1.82) is 0 Å². The van der Waals surface area contributed by atoms with Crippen LogP contribution in [0.15, 0.2) is 29.3 Å². The Kier molecular flexibility index (Phi) is 4.53. The van der Waals surface area contributed by atoms with Crippen LogP contribution in [0.1, 0.15) is 31.7 Å². The number of anilines is 1. The molecule has 3 heterocycles. The Labute approximate surface area is 160 Å². The number of carbonyl (C=O) groups excluding carboxylic acids is 2. The number of nitrogens with zero attached hydrogens (tertiary/aromatic N) is 5. The van der Waals surface area contributed by atoms with Gasteiger partial charge in [-0.05, 0) is 31.0 Å². The maximum absolute atomic E-state index is 13.1. The van der Waals surface area contributed by atoms with Crippen molar-refractivity contribution in [3.63, 3.8) is 0 Å². The number of aryl methyl sites for hydroxylation is 1. The molecule has 2 fully saturated rings. The number of benzene rings is 1. The topological polar surface area (TPSA) is 59.5 Å². The van der Waals surface area contributed by atoms with Crippen LogP contribution in [0.3, 0.4) is 0 Å². The summed E-state index contributed by atoms with van der Waals surface area (Å²) in [7, 11) is 1.75. The second-order valence-electron chi connectivity index (χ2n) is 7.56. The van der Waals surface area contributed by atoms with E-state index in [2.05, 4.69) is 41.8 Å². The molecule has 3 amide bonds. The molecule has 3 aliphatic heterocycles. The third kappa shape index (κ3) is 2.85. The molecule has 2 atom stereocenters. The standard InChI is InChI=1S/C20H27N5O2/c1-4-5-6-10-25-18(26)16-17(22(3)20(25)27)21-19-23(11-12-24(16)19)15-9-7-8-14(2)13-15/h7-9,13,16-17H,4-6,10-12H2,1-3H3. The molecule has 2 saturated heterocycles. The number of hydrogen-bond donors (Lipinski definition) is 0. The fraction of sp³-hybridized carbons (Fsp3) is 0.550. The SMILES string of the molecule is CCCCCN1C(=O)C2C(N=C3N(c4cccc(C)c4)CCN32)N(C)C1=O. The van der Waals surface area contributed by atoms with Crippen LogP contribution in [0.4, 0.5) is 10.5 Å². The molecule has 1 aromatic carbocycles. The van der Waals surface area contributed by atoms with E-state index in [-0.39, 0.29) is 11.9 Å². The summed E-state index contributed by atoms with van der Waals surface area (Å²) in [4.78, 5) is 37.9. The third-order valence-electron chi connectivity index (χ3n) is 5.68. The summed E-state index contributed by atoms with van der Waals surface area (Å²) < 4.78 is 0. The molecular formula is C20H27N5O2. The number of carbonyl (C=O) groups is 2. The number of guanidine groups is 1. The number of hydrogen-bond acceptors (Lipinski definition) is 5. The Hall–Kier alpha value is -2.57. The molecule has 0 N–H and O–H groups in total. The summed E-state index contributed by atoms with van der Waals surface area (Å²) >= 11 is 0. The Morgan fingerprint density at radius 2 is 2.00 bits per heavy atom. The van der Waals surface area contributed by atoms with Gasteiger partial charge in [-0.25, -0.2) is 9.79 Å². The minimum absolute atomic E-state index is 0.107. The van der Waals surface area contributed by atoms with E-state index in [0.717, 1.165) is 44.0 Å². The molecule has 0 bridgehead atoms. The van der Waals surface area contributed by atoms with Crippen molar-refractivity contribution in [3.8, 4) is 0 Å². The molecule has 7 heteroatoms. The summed E-state index contributed by atoms with van der Waals surface area (Å²) in [6.45, 7) is 6.21. The molecule has 27 heavy (non-hydrogen) atoms. The lowest BCUT2D eigenvalue weighted by atomic mass is 10.1. The van der Waals surface area contributed by atoms with Crippen molar-refractivity contribution >= 4 is 23.6 Å². The van der Waals surface area contributed by atoms with Gasteiger partial charge in [-0.3, -0.25) is 9.69 Å². The maximum Gasteiger partial charge on any atom is 0.328 e. The quantitative estimate of drug-likeness (QED) is 0.747. The molecule has 0 aromatic heterocycles. The lowest BCUT2D eigenvalue weighted by Gasteiger charge is -2.40. The van der Waals surface area contributed by atoms with Crippen molar-refractivity contribution in [1.82, 2.24) is 14.7 Å². The second-order valence-corrected chi connectivity index (χ2v) is 7.56. The normalized spacial score (nSPS) is 24.5. The fourth-order valence-electron chi connectivity index (χ4n) is 4.20. The van der Waals surface area contributed by atoms with Gasteiger partial charge in [0, 0.05) is 32.4 Å². The zero-order chi connectivity index (χ0) is 19.1. The van der Waals surface area contributed by atoms with Crippen molar-refractivity contribution in [2.24, 2.45) is 4.99 Å². The molecule has 0 spiro atoms. The Morgan fingerprint density at radius 1 is 1.19 bits per heavy atom. The highest BCUT2D eigenvalue weighted by molar-refractivity contribution is 6.08. The average Bonchev–Trinajstić information content (AvgIpc) is 3.22. The highest BCUT2D eigenvalue weighted by Gasteiger charge is 2.54. The lowest BCUT2D eigenvalue weighted by Crippen LogP contribution is -2.64. The second kappa shape index (κ2) is 6.87. The average molecular weight is 369 g/mol. The maximum atomic E-state index is 13.1. The molecule has 0 aliphatic carbocycles. The molecule has 1 aromatic rings. The molecule has 144 valence electrons. The highest BCUT2D eigenvalue weighted by Crippen LogP contribution is 2.33. The Morgan fingerprint density at radius 3 is 2.74 bits per heavy atom. The number of aliphatic imine (C=N–C) groups is 1. The number of rotatable bonds is 5. The van der Waals surface area contributed by atoms with E-state index in [9.17, 15) is 9.59 Å². The van der Waals surface area contributed by atoms with Gasteiger partial charge >= 0.3 is 6.03 Å². The van der Waals surface area contributed by atoms with Gasteiger partial charge in [-0.1, -0.05) is 31.9 Å². The van der Waals surface area contributed by atoms with E-state index < -0.39 is 12.2 Å². The summed E-state index contributed by atoms with van der Waals surface area (Å²) in [5.74, 6) is 0.697. The van der Waals surface area contributed by atoms with Gasteiger partial charge in [-0.2, -0.15) is 0 Å². The summed E-state index contributed by atoms with van der Waals surface area (Å²) in [6.07, 6.45) is 2.49. The number of urea groups is 1. The van der Waals surface area contributed by atoms with E-state index in [4.69, 9.17) is 4.99 Å². The number of imide groups is 1. The predicted octanol–water partition coefficient (Wildman–Crippen LogP) is 2.27. The zero-order valence-corrected chi connectivity index (χ0v) is 16.3. The first kappa shape index (κ1) is 17.8. The number of unbranched alkanes of at least 4 members (excludes halogenated alkanes) is 2. The molecule has 3 aliphatic rings. The van der Waals surface area contributed by atoms with Crippen molar-refractivity contribution in [2.75, 3.05) is 31.6 Å². The monoisotopic (exact) mass is 369 g/mol. The third-order valence-corrected chi connectivity index (χ3v) is 5.68. The van der Waals surface area contributed by atoms with E-state index >= 15 is 0 Å². The van der Waals surface area contributed by atoms with E-state index in [1.54, 1.807) is 11.9 Å². The van der Waals surface area contributed by atoms with Gasteiger partial charge in [0.05, 0.1) is 0 Å². The summed E-state index contributed by atoms with van der Waals surface area (Å²) in [6, 6.07) is 7.66. The van der Waals surface area contributed by atoms with Crippen molar-refractivity contribution in [2.45, 2.75) is 45.3 Å². The van der Waals surface area contributed by atoms with Gasteiger partial charge in [0.15, 0.2) is 12.2 Å². The lowest BCUT2D eigenvalue weighted by molar-refractivity contribution is -0.137. The van der Waals surface area contributed by atoms with Crippen LogP contribution >= 0.6 is 0 Å². The van der Waals surface area contributed by atoms with Crippen LogP contribution in [0.5, 0.6) is 0 Å². The highest BCUT2D eigenvalue weighted by atomic mass is 16.2. The molecule has 0 saturated carbocycles. The molecule has 2 unspecified atom stereocenters. The number of likely N-dealkylation sites (N-methyl/N-ethyl adjacent to an activating group) is 1. The molecule has 0 radical (unpaired) electrons. The van der Waals surface area contributed by atoms with Crippen LogP contribution in [0.25, 0.3) is 0 Å². The van der Waals surface area contributed by atoms with Crippen LogP contribution in [0, 0.1) is 6.92 Å². The molecule has 7 nitrogen and oxygen atoms in total. The van der Waals surface area contributed by atoms with E-state index in [0.29, 0.717) is 6.54 Å². The Balaban J connectivity index is 1.60. The van der Waals surface area contributed by atoms with Crippen LogP contribution in [-0.4, -0.2) is 71.5 Å². The largest absolute Gasteiger partial charge is 0.328 e. The van der Waals surface area contributed by atoms with Gasteiger partial charge in [-0.15, -0.1) is 0 Å². The number of amides is 3. The van der Waals surface area contributed by atoms with E-state index in [1.165, 1.54) is 10.5 Å². The van der Waals surface area contributed by atoms with Crippen LogP contribution in [0.2, 0.25) is 0 Å². The fourth-order valence-corrected chi connectivity index (χ4v) is 4.20. The first-order chi connectivity index (χ1) is 13.0. The number of fused-ring (bicyclic) bond motifs is 3. The minimum atomic E-state index is -0.435.